The van der Waals surface area contributed by atoms with Crippen LogP contribution in [0.4, 0.5) is 0 Å². The van der Waals surface area contributed by atoms with Crippen LogP contribution < -0.4 is 0 Å². The summed E-state index contributed by atoms with van der Waals surface area (Å²) in [6.45, 7) is 2.29. The number of hydrogen-bond acceptors (Lipinski definition) is 5. The molecule has 6 nitrogen and oxygen atoms in total. The summed E-state index contributed by atoms with van der Waals surface area (Å²) in [5.41, 5.74) is -0.121. The van der Waals surface area contributed by atoms with E-state index in [1.165, 1.54) is 11.3 Å². The van der Waals surface area contributed by atoms with Crippen LogP contribution in [0, 0.1) is 0 Å². The van der Waals surface area contributed by atoms with Crippen molar-refractivity contribution >= 4 is 5.91 Å². The molecule has 0 spiro atoms. The zero-order valence-corrected chi connectivity index (χ0v) is 13.0. The number of piperidine rings is 1. The third-order valence-electron chi connectivity index (χ3n) is 4.53. The molecule has 2 N–H and O–H groups in total. The van der Waals surface area contributed by atoms with Gasteiger partial charge < -0.3 is 19.5 Å². The minimum atomic E-state index is -1.12. The standard InChI is InChI=1S/C17H20N2O4/c1-2-17(22)8-9-19(10-13(17)20)16(21)14-15(23-11-18-14)12-6-4-3-5-7-12/h3-7,11,13,20,22H,2,8-10H2,1H3/t13-,17-/m1/s1. The highest BCUT2D eigenvalue weighted by molar-refractivity contribution is 5.97. The number of hydrogen-bond donors (Lipinski definition) is 2. The van der Waals surface area contributed by atoms with E-state index in [9.17, 15) is 15.0 Å². The summed E-state index contributed by atoms with van der Waals surface area (Å²) in [5.74, 6) is 0.122. The first-order valence-corrected chi connectivity index (χ1v) is 7.74. The Morgan fingerprint density at radius 2 is 2.17 bits per heavy atom. The van der Waals surface area contributed by atoms with Gasteiger partial charge in [0.15, 0.2) is 17.8 Å². The molecule has 1 aromatic carbocycles. The second-order valence-corrected chi connectivity index (χ2v) is 5.87. The first-order valence-electron chi connectivity index (χ1n) is 7.74. The van der Waals surface area contributed by atoms with Crippen LogP contribution >= 0.6 is 0 Å². The molecule has 1 aliphatic heterocycles. The third kappa shape index (κ3) is 2.87. The number of carbonyl (C=O) groups excluding carboxylic acids is 1. The molecule has 2 aromatic rings. The van der Waals surface area contributed by atoms with Crippen molar-refractivity contribution < 1.29 is 19.4 Å². The molecular weight excluding hydrogens is 296 g/mol. The van der Waals surface area contributed by atoms with E-state index in [4.69, 9.17) is 4.42 Å². The first-order chi connectivity index (χ1) is 11.0. The van der Waals surface area contributed by atoms with Gasteiger partial charge in [0, 0.05) is 18.7 Å². The van der Waals surface area contributed by atoms with Crippen molar-refractivity contribution in [1.29, 1.82) is 0 Å². The highest BCUT2D eigenvalue weighted by atomic mass is 16.3. The van der Waals surface area contributed by atoms with Gasteiger partial charge in [0.2, 0.25) is 0 Å². The second-order valence-electron chi connectivity index (χ2n) is 5.87. The van der Waals surface area contributed by atoms with Gasteiger partial charge in [0.1, 0.15) is 6.10 Å². The quantitative estimate of drug-likeness (QED) is 0.900. The second kappa shape index (κ2) is 6.14. The molecule has 6 heteroatoms. The molecule has 2 heterocycles. The molecule has 2 atom stereocenters. The molecule has 1 amide bonds. The Morgan fingerprint density at radius 3 is 2.83 bits per heavy atom. The summed E-state index contributed by atoms with van der Waals surface area (Å²) in [6, 6.07) is 9.29. The van der Waals surface area contributed by atoms with E-state index >= 15 is 0 Å². The van der Waals surface area contributed by atoms with E-state index in [0.29, 0.717) is 25.1 Å². The van der Waals surface area contributed by atoms with Gasteiger partial charge in [-0.1, -0.05) is 37.3 Å². The van der Waals surface area contributed by atoms with E-state index in [0.717, 1.165) is 5.56 Å². The van der Waals surface area contributed by atoms with E-state index in [1.807, 2.05) is 37.3 Å². The van der Waals surface area contributed by atoms with Crippen LogP contribution in [0.15, 0.2) is 41.1 Å². The molecule has 23 heavy (non-hydrogen) atoms. The lowest BCUT2D eigenvalue weighted by Crippen LogP contribution is -2.56. The predicted molar refractivity (Wildman–Crippen MR) is 83.7 cm³/mol. The summed E-state index contributed by atoms with van der Waals surface area (Å²) in [6.07, 6.45) is 1.08. The Hall–Kier alpha value is -2.18. The molecule has 1 aromatic heterocycles. The van der Waals surface area contributed by atoms with E-state index < -0.39 is 11.7 Å². The lowest BCUT2D eigenvalue weighted by molar-refractivity contribution is -0.114. The SMILES string of the molecule is CC[C@@]1(O)CCN(C(=O)c2ncoc2-c2ccccc2)C[C@H]1O. The van der Waals surface area contributed by atoms with Gasteiger partial charge in [-0.15, -0.1) is 0 Å². The number of nitrogens with zero attached hydrogens (tertiary/aromatic N) is 2. The topological polar surface area (TPSA) is 86.8 Å². The van der Waals surface area contributed by atoms with Crippen molar-refractivity contribution in [3.63, 3.8) is 0 Å². The van der Waals surface area contributed by atoms with Gasteiger partial charge in [-0.3, -0.25) is 4.79 Å². The van der Waals surface area contributed by atoms with Gasteiger partial charge in [-0.25, -0.2) is 4.98 Å². The third-order valence-corrected chi connectivity index (χ3v) is 4.53. The average molecular weight is 316 g/mol. The summed E-state index contributed by atoms with van der Waals surface area (Å²) in [7, 11) is 0. The maximum absolute atomic E-state index is 12.7. The number of benzene rings is 1. The molecule has 1 saturated heterocycles. The van der Waals surface area contributed by atoms with Crippen molar-refractivity contribution in [2.24, 2.45) is 0 Å². The van der Waals surface area contributed by atoms with Crippen LogP contribution in [-0.4, -0.2) is 50.8 Å². The van der Waals surface area contributed by atoms with Gasteiger partial charge in [0.05, 0.1) is 5.60 Å². The molecule has 0 aliphatic carbocycles. The number of amides is 1. The number of oxazole rings is 1. The highest BCUT2D eigenvalue weighted by Gasteiger charge is 2.41. The maximum atomic E-state index is 12.7. The fourth-order valence-electron chi connectivity index (χ4n) is 2.90. The number of aliphatic hydroxyl groups excluding tert-OH is 1. The van der Waals surface area contributed by atoms with Crippen molar-refractivity contribution in [2.45, 2.75) is 31.5 Å². The molecular formula is C17H20N2O4. The number of likely N-dealkylation sites (tertiary alicyclic amines) is 1. The van der Waals surface area contributed by atoms with Gasteiger partial charge >= 0.3 is 0 Å². The van der Waals surface area contributed by atoms with Crippen LogP contribution in [0.5, 0.6) is 0 Å². The average Bonchev–Trinajstić information content (AvgIpc) is 3.07. The molecule has 3 rings (SSSR count). The Balaban J connectivity index is 1.82. The van der Waals surface area contributed by atoms with Gasteiger partial charge in [-0.05, 0) is 12.8 Å². The summed E-state index contributed by atoms with van der Waals surface area (Å²) >= 11 is 0. The highest BCUT2D eigenvalue weighted by Crippen LogP contribution is 2.29. The largest absolute Gasteiger partial charge is 0.443 e. The van der Waals surface area contributed by atoms with Crippen molar-refractivity contribution in [3.05, 3.63) is 42.4 Å². The molecule has 1 aliphatic rings. The zero-order chi connectivity index (χ0) is 16.4. The minimum absolute atomic E-state index is 0.0876. The summed E-state index contributed by atoms with van der Waals surface area (Å²) < 4.78 is 5.38. The van der Waals surface area contributed by atoms with Crippen LogP contribution in [-0.2, 0) is 0 Å². The number of carbonyl (C=O) groups is 1. The molecule has 122 valence electrons. The molecule has 0 saturated carbocycles. The van der Waals surface area contributed by atoms with E-state index in [-0.39, 0.29) is 18.1 Å². The fourth-order valence-corrected chi connectivity index (χ4v) is 2.90. The van der Waals surface area contributed by atoms with Crippen LogP contribution in [0.25, 0.3) is 11.3 Å². The molecule has 0 bridgehead atoms. The number of rotatable bonds is 3. The lowest BCUT2D eigenvalue weighted by atomic mass is 9.86. The normalized spacial score (nSPS) is 24.7. The van der Waals surface area contributed by atoms with E-state index in [2.05, 4.69) is 4.98 Å². The van der Waals surface area contributed by atoms with Crippen molar-refractivity contribution in [1.82, 2.24) is 9.88 Å². The zero-order valence-electron chi connectivity index (χ0n) is 13.0. The van der Waals surface area contributed by atoms with Gasteiger partial charge in [-0.2, -0.15) is 0 Å². The number of aliphatic hydroxyl groups is 2. The van der Waals surface area contributed by atoms with Crippen LogP contribution in [0.3, 0.4) is 0 Å². The predicted octanol–water partition coefficient (Wildman–Crippen LogP) is 1.69. The Bertz CT molecular complexity index is 685. The Kier molecular flexibility index (Phi) is 4.19. The van der Waals surface area contributed by atoms with Crippen molar-refractivity contribution in [3.8, 4) is 11.3 Å². The Labute approximate surface area is 134 Å². The fraction of sp³-hybridized carbons (Fsp3) is 0.412. The molecule has 0 unspecified atom stereocenters. The van der Waals surface area contributed by atoms with Crippen LogP contribution in [0.2, 0.25) is 0 Å². The summed E-state index contributed by atoms with van der Waals surface area (Å²) in [5, 5.41) is 20.4. The molecule has 0 radical (unpaired) electrons. The first kappa shape index (κ1) is 15.7. The lowest BCUT2D eigenvalue weighted by Gasteiger charge is -2.41. The van der Waals surface area contributed by atoms with Crippen molar-refractivity contribution in [2.75, 3.05) is 13.1 Å². The van der Waals surface area contributed by atoms with Crippen LogP contribution in [0.1, 0.15) is 30.3 Å². The monoisotopic (exact) mass is 316 g/mol. The Morgan fingerprint density at radius 1 is 1.43 bits per heavy atom. The molecule has 1 fully saturated rings. The maximum Gasteiger partial charge on any atom is 0.276 e. The number of aromatic nitrogens is 1. The smallest absolute Gasteiger partial charge is 0.276 e. The van der Waals surface area contributed by atoms with E-state index in [1.54, 1.807) is 0 Å². The summed E-state index contributed by atoms with van der Waals surface area (Å²) in [4.78, 5) is 18.3. The number of β-amino-alcohol motifs (C(OH)–C–C–N with tert-alkyl or cyclic N) is 1. The van der Waals surface area contributed by atoms with Gasteiger partial charge in [0.25, 0.3) is 5.91 Å². The minimum Gasteiger partial charge on any atom is -0.443 e.